The van der Waals surface area contributed by atoms with Crippen LogP contribution < -0.4 is 5.32 Å². The number of rotatable bonds is 8. The maximum atomic E-state index is 11.6. The van der Waals surface area contributed by atoms with Crippen LogP contribution in [0.2, 0.25) is 0 Å². The molecule has 112 valence electrons. The molecule has 0 aliphatic heterocycles. The van der Waals surface area contributed by atoms with Gasteiger partial charge >= 0.3 is 5.97 Å². The van der Waals surface area contributed by atoms with Gasteiger partial charge in [0.05, 0.1) is 10.7 Å². The van der Waals surface area contributed by atoms with Crippen molar-refractivity contribution in [2.45, 2.75) is 45.8 Å². The van der Waals surface area contributed by atoms with Crippen molar-refractivity contribution in [1.82, 2.24) is 5.32 Å². The monoisotopic (exact) mass is 293 g/mol. The zero-order valence-electron chi connectivity index (χ0n) is 11.9. The van der Waals surface area contributed by atoms with E-state index in [1.165, 1.54) is 13.8 Å². The van der Waals surface area contributed by atoms with Crippen LogP contribution in [-0.2, 0) is 19.4 Å². The number of sulfone groups is 1. The number of amides is 1. The number of aliphatic carboxylic acids is 1. The van der Waals surface area contributed by atoms with Gasteiger partial charge in [0, 0.05) is 6.54 Å². The number of carboxylic acids is 1. The zero-order valence-corrected chi connectivity index (χ0v) is 12.7. The highest BCUT2D eigenvalue weighted by atomic mass is 32.2. The molecule has 0 atom stereocenters. The van der Waals surface area contributed by atoms with E-state index >= 15 is 0 Å². The molecule has 0 rings (SSSR count). The fourth-order valence-electron chi connectivity index (χ4n) is 1.55. The molecule has 0 aliphatic carbocycles. The highest BCUT2D eigenvalue weighted by Crippen LogP contribution is 2.25. The summed E-state index contributed by atoms with van der Waals surface area (Å²) >= 11 is 0. The number of carbonyl (C=O) groups excluding carboxylic acids is 1. The second kappa shape index (κ2) is 6.88. The topological polar surface area (TPSA) is 101 Å². The molecule has 0 bridgehead atoms. The first-order valence-electron chi connectivity index (χ1n) is 6.33. The lowest BCUT2D eigenvalue weighted by atomic mass is 9.82. The van der Waals surface area contributed by atoms with Gasteiger partial charge in [0.1, 0.15) is 5.75 Å². The Morgan fingerprint density at radius 1 is 1.21 bits per heavy atom. The molecule has 0 saturated heterocycles. The Labute approximate surface area is 114 Å². The van der Waals surface area contributed by atoms with Gasteiger partial charge in [-0.3, -0.25) is 9.59 Å². The van der Waals surface area contributed by atoms with Crippen molar-refractivity contribution in [3.8, 4) is 0 Å². The van der Waals surface area contributed by atoms with E-state index in [2.05, 4.69) is 5.32 Å². The Hall–Kier alpha value is -1.11. The molecule has 6 nitrogen and oxygen atoms in total. The van der Waals surface area contributed by atoms with Crippen LogP contribution in [0.1, 0.15) is 40.5 Å². The van der Waals surface area contributed by atoms with E-state index < -0.39 is 38.1 Å². The third kappa shape index (κ3) is 4.81. The molecule has 0 radical (unpaired) electrons. The Kier molecular flexibility index (Phi) is 6.48. The molecule has 0 unspecified atom stereocenters. The summed E-state index contributed by atoms with van der Waals surface area (Å²) in [6.45, 7) is 6.41. The van der Waals surface area contributed by atoms with Gasteiger partial charge in [-0.05, 0) is 26.7 Å². The Balaban J connectivity index is 4.65. The summed E-state index contributed by atoms with van der Waals surface area (Å²) in [5.74, 6) is -2.24. The van der Waals surface area contributed by atoms with Gasteiger partial charge < -0.3 is 10.4 Å². The first kappa shape index (κ1) is 17.9. The van der Waals surface area contributed by atoms with Gasteiger partial charge in [-0.2, -0.15) is 0 Å². The molecule has 0 spiro atoms. The summed E-state index contributed by atoms with van der Waals surface area (Å²) in [5.41, 5.74) is -1.03. The minimum atomic E-state index is -3.46. The second-order valence-corrected chi connectivity index (χ2v) is 7.48. The van der Waals surface area contributed by atoms with E-state index in [-0.39, 0.29) is 6.54 Å². The van der Waals surface area contributed by atoms with Gasteiger partial charge in [0.15, 0.2) is 9.84 Å². The third-order valence-corrected chi connectivity index (χ3v) is 5.58. The molecule has 7 heteroatoms. The number of hydrogen-bond donors (Lipinski definition) is 2. The molecule has 19 heavy (non-hydrogen) atoms. The molecule has 0 aromatic rings. The summed E-state index contributed by atoms with van der Waals surface area (Å²) in [6, 6.07) is 0. The number of carboxylic acid groups (broad SMARTS) is 1. The molecular weight excluding hydrogens is 270 g/mol. The SMILES string of the molecule is CCC(CC)(CNC(=O)CS(=O)(=O)C(C)C)C(=O)O. The molecular formula is C12H23NO5S. The first-order chi connectivity index (χ1) is 8.61. The van der Waals surface area contributed by atoms with E-state index in [0.717, 1.165) is 0 Å². The van der Waals surface area contributed by atoms with Crippen molar-refractivity contribution in [2.75, 3.05) is 12.3 Å². The average Bonchev–Trinajstić information content (AvgIpc) is 2.29. The van der Waals surface area contributed by atoms with E-state index in [1.54, 1.807) is 13.8 Å². The summed E-state index contributed by atoms with van der Waals surface area (Å²) in [6.07, 6.45) is 0.742. The van der Waals surface area contributed by atoms with Crippen LogP contribution in [-0.4, -0.2) is 42.9 Å². The van der Waals surface area contributed by atoms with Gasteiger partial charge in [0.2, 0.25) is 5.91 Å². The van der Waals surface area contributed by atoms with E-state index in [4.69, 9.17) is 0 Å². The standard InChI is InChI=1S/C12H23NO5S/c1-5-12(6-2,11(15)16)8-13-10(14)7-19(17,18)9(3)4/h9H,5-8H2,1-4H3,(H,13,14)(H,15,16). The number of nitrogens with one attached hydrogen (secondary N) is 1. The predicted octanol–water partition coefficient (Wildman–Crippen LogP) is 0.817. The highest BCUT2D eigenvalue weighted by Gasteiger charge is 2.35. The van der Waals surface area contributed by atoms with Crippen LogP contribution in [0, 0.1) is 5.41 Å². The van der Waals surface area contributed by atoms with Crippen LogP contribution in [0.15, 0.2) is 0 Å². The van der Waals surface area contributed by atoms with Crippen LogP contribution in [0.4, 0.5) is 0 Å². The molecule has 0 heterocycles. The van der Waals surface area contributed by atoms with Crippen molar-refractivity contribution in [3.63, 3.8) is 0 Å². The predicted molar refractivity (Wildman–Crippen MR) is 72.6 cm³/mol. The fraction of sp³-hybridized carbons (Fsp3) is 0.833. The summed E-state index contributed by atoms with van der Waals surface area (Å²) in [5, 5.41) is 11.0. The van der Waals surface area contributed by atoms with Gasteiger partial charge in [-0.15, -0.1) is 0 Å². The van der Waals surface area contributed by atoms with Crippen molar-refractivity contribution in [1.29, 1.82) is 0 Å². The normalized spacial score (nSPS) is 12.5. The Bertz CT molecular complexity index is 423. The lowest BCUT2D eigenvalue weighted by Gasteiger charge is -2.26. The molecule has 1 amide bonds. The molecule has 0 saturated carbocycles. The minimum Gasteiger partial charge on any atom is -0.481 e. The molecule has 0 fully saturated rings. The van der Waals surface area contributed by atoms with Crippen molar-refractivity contribution in [2.24, 2.45) is 5.41 Å². The van der Waals surface area contributed by atoms with Crippen LogP contribution in [0.5, 0.6) is 0 Å². The van der Waals surface area contributed by atoms with Crippen molar-refractivity contribution >= 4 is 21.7 Å². The number of carbonyl (C=O) groups is 2. The second-order valence-electron chi connectivity index (χ2n) is 4.93. The Morgan fingerprint density at radius 3 is 2.00 bits per heavy atom. The first-order valence-corrected chi connectivity index (χ1v) is 8.04. The maximum Gasteiger partial charge on any atom is 0.311 e. The smallest absolute Gasteiger partial charge is 0.311 e. The van der Waals surface area contributed by atoms with Crippen LogP contribution in [0.3, 0.4) is 0 Å². The zero-order chi connectivity index (χ0) is 15.3. The van der Waals surface area contributed by atoms with E-state index in [0.29, 0.717) is 12.8 Å². The van der Waals surface area contributed by atoms with E-state index in [1.807, 2.05) is 0 Å². The highest BCUT2D eigenvalue weighted by molar-refractivity contribution is 7.92. The largest absolute Gasteiger partial charge is 0.481 e. The van der Waals surface area contributed by atoms with Gasteiger partial charge in [-0.1, -0.05) is 13.8 Å². The van der Waals surface area contributed by atoms with Crippen molar-refractivity contribution in [3.05, 3.63) is 0 Å². The maximum absolute atomic E-state index is 11.6. The summed E-state index contributed by atoms with van der Waals surface area (Å²) in [7, 11) is -3.46. The van der Waals surface area contributed by atoms with E-state index in [9.17, 15) is 23.1 Å². The van der Waals surface area contributed by atoms with Crippen LogP contribution >= 0.6 is 0 Å². The lowest BCUT2D eigenvalue weighted by molar-refractivity contribution is -0.149. The molecule has 2 N–H and O–H groups in total. The Morgan fingerprint density at radius 2 is 1.68 bits per heavy atom. The molecule has 0 aromatic carbocycles. The molecule has 0 aliphatic rings. The average molecular weight is 293 g/mol. The van der Waals surface area contributed by atoms with Gasteiger partial charge in [0.25, 0.3) is 0 Å². The summed E-state index contributed by atoms with van der Waals surface area (Å²) in [4.78, 5) is 22.8. The summed E-state index contributed by atoms with van der Waals surface area (Å²) < 4.78 is 23.1. The van der Waals surface area contributed by atoms with Crippen molar-refractivity contribution < 1.29 is 23.1 Å². The molecule has 0 aromatic heterocycles. The fourth-order valence-corrected chi connectivity index (χ4v) is 2.35. The number of hydrogen-bond acceptors (Lipinski definition) is 4. The lowest BCUT2D eigenvalue weighted by Crippen LogP contribution is -2.44. The quantitative estimate of drug-likeness (QED) is 0.690. The van der Waals surface area contributed by atoms with Gasteiger partial charge in [-0.25, -0.2) is 8.42 Å². The van der Waals surface area contributed by atoms with Crippen LogP contribution in [0.25, 0.3) is 0 Å². The third-order valence-electron chi connectivity index (χ3n) is 3.48. The minimum absolute atomic E-state index is 0.0538.